The molecule has 1 rings (SSSR count). The van der Waals surface area contributed by atoms with Crippen LogP contribution in [0.5, 0.6) is 0 Å². The van der Waals surface area contributed by atoms with E-state index in [-0.39, 0.29) is 0 Å². The fraction of sp³-hybridized carbons (Fsp3) is 0.625. The maximum atomic E-state index is 8.76. The van der Waals surface area contributed by atoms with E-state index in [1.165, 1.54) is 11.3 Å². The van der Waals surface area contributed by atoms with Crippen LogP contribution in [0.3, 0.4) is 0 Å². The summed E-state index contributed by atoms with van der Waals surface area (Å²) < 4.78 is 0. The van der Waals surface area contributed by atoms with E-state index in [0.29, 0.717) is 12.6 Å². The largest absolute Gasteiger partial charge is 0.396 e. The van der Waals surface area contributed by atoms with E-state index >= 15 is 0 Å². The highest BCUT2D eigenvalue weighted by molar-refractivity contribution is 5.47. The zero-order valence-electron chi connectivity index (χ0n) is 12.5. The Morgan fingerprint density at radius 3 is 2.37 bits per heavy atom. The molecule has 0 heterocycles. The first-order valence-corrected chi connectivity index (χ1v) is 7.32. The molecular formula is C16H28N2O. The van der Waals surface area contributed by atoms with Crippen LogP contribution in [0, 0.1) is 0 Å². The molecule has 1 aromatic carbocycles. The summed E-state index contributed by atoms with van der Waals surface area (Å²) in [4.78, 5) is 2.28. The summed E-state index contributed by atoms with van der Waals surface area (Å²) >= 11 is 0. The average Bonchev–Trinajstić information content (AvgIpc) is 2.45. The number of nitrogens with zero attached hydrogens (tertiary/aromatic N) is 1. The lowest BCUT2D eigenvalue weighted by atomic mass is 10.0. The third kappa shape index (κ3) is 5.21. The molecule has 0 spiro atoms. The molecule has 1 aromatic rings. The Kier molecular flexibility index (Phi) is 7.53. The molecule has 3 heteroatoms. The first-order valence-electron chi connectivity index (χ1n) is 7.32. The molecule has 0 aromatic heterocycles. The molecule has 0 aliphatic carbocycles. The maximum absolute atomic E-state index is 8.76. The number of anilines is 1. The smallest absolute Gasteiger partial charge is 0.0431 e. The zero-order valence-corrected chi connectivity index (χ0v) is 12.5. The molecule has 0 saturated carbocycles. The van der Waals surface area contributed by atoms with Gasteiger partial charge < -0.3 is 15.3 Å². The summed E-state index contributed by atoms with van der Waals surface area (Å²) in [6, 6.07) is 9.26. The van der Waals surface area contributed by atoms with Gasteiger partial charge in [0.1, 0.15) is 0 Å². The lowest BCUT2D eigenvalue weighted by Gasteiger charge is -2.21. The third-order valence-electron chi connectivity index (χ3n) is 3.64. The van der Waals surface area contributed by atoms with E-state index in [1.54, 1.807) is 0 Å². The van der Waals surface area contributed by atoms with Crippen molar-refractivity contribution in [1.82, 2.24) is 5.32 Å². The van der Waals surface area contributed by atoms with Crippen molar-refractivity contribution in [3.63, 3.8) is 0 Å². The van der Waals surface area contributed by atoms with Gasteiger partial charge in [0.2, 0.25) is 0 Å². The molecule has 19 heavy (non-hydrogen) atoms. The summed E-state index contributed by atoms with van der Waals surface area (Å²) in [5, 5.41) is 12.1. The van der Waals surface area contributed by atoms with Crippen LogP contribution in [0.15, 0.2) is 24.3 Å². The van der Waals surface area contributed by atoms with E-state index in [0.717, 1.165) is 32.2 Å². The number of rotatable bonds is 9. The first-order chi connectivity index (χ1) is 9.22. The zero-order chi connectivity index (χ0) is 14.1. The lowest BCUT2D eigenvalue weighted by molar-refractivity contribution is 0.283. The van der Waals surface area contributed by atoms with Crippen LogP contribution < -0.4 is 10.2 Å². The highest BCUT2D eigenvalue weighted by atomic mass is 16.2. The molecule has 0 fully saturated rings. The molecule has 0 aliphatic heterocycles. The van der Waals surface area contributed by atoms with Crippen molar-refractivity contribution in [1.29, 1.82) is 0 Å². The predicted octanol–water partition coefficient (Wildman–Crippen LogP) is 2.96. The van der Waals surface area contributed by atoms with Crippen LogP contribution in [0.1, 0.15) is 44.2 Å². The number of benzene rings is 1. The van der Waals surface area contributed by atoms with Crippen molar-refractivity contribution in [3.05, 3.63) is 29.8 Å². The molecule has 2 N–H and O–H groups in total. The summed E-state index contributed by atoms with van der Waals surface area (Å²) in [7, 11) is 4.14. The average molecular weight is 264 g/mol. The molecule has 0 bridgehead atoms. The van der Waals surface area contributed by atoms with Gasteiger partial charge in [0, 0.05) is 31.9 Å². The number of unbranched alkanes of at least 4 members (excludes halogenated alkanes) is 2. The molecule has 0 radical (unpaired) electrons. The standard InChI is InChI=1S/C16H28N2O/c1-4-16(17-2)14-8-10-15(11-9-14)18(3)12-6-5-7-13-19/h8-11,16-17,19H,4-7,12-13H2,1-3H3. The highest BCUT2D eigenvalue weighted by Crippen LogP contribution is 2.20. The van der Waals surface area contributed by atoms with Gasteiger partial charge in [0.05, 0.1) is 0 Å². The molecule has 0 amide bonds. The van der Waals surface area contributed by atoms with Crippen LogP contribution in [-0.4, -0.2) is 32.4 Å². The fourth-order valence-corrected chi connectivity index (χ4v) is 2.33. The second-order valence-electron chi connectivity index (χ2n) is 5.05. The van der Waals surface area contributed by atoms with E-state index in [2.05, 4.69) is 48.5 Å². The fourth-order valence-electron chi connectivity index (χ4n) is 2.33. The molecule has 1 atom stereocenters. The van der Waals surface area contributed by atoms with Gasteiger partial charge in [0.25, 0.3) is 0 Å². The second kappa shape index (κ2) is 8.94. The Balaban J connectivity index is 2.50. The van der Waals surface area contributed by atoms with E-state index in [9.17, 15) is 0 Å². The van der Waals surface area contributed by atoms with Crippen LogP contribution in [0.2, 0.25) is 0 Å². The van der Waals surface area contributed by atoms with Gasteiger partial charge in [-0.25, -0.2) is 0 Å². The normalized spacial score (nSPS) is 12.4. The second-order valence-corrected chi connectivity index (χ2v) is 5.05. The minimum absolute atomic E-state index is 0.306. The van der Waals surface area contributed by atoms with Crippen molar-refractivity contribution in [2.75, 3.05) is 32.1 Å². The SMILES string of the molecule is CCC(NC)c1ccc(N(C)CCCCCO)cc1. The van der Waals surface area contributed by atoms with Gasteiger partial charge in [-0.15, -0.1) is 0 Å². The van der Waals surface area contributed by atoms with Gasteiger partial charge in [-0.1, -0.05) is 19.1 Å². The van der Waals surface area contributed by atoms with Gasteiger partial charge in [-0.2, -0.15) is 0 Å². The molecule has 3 nitrogen and oxygen atoms in total. The Bertz CT molecular complexity index is 333. The molecular weight excluding hydrogens is 236 g/mol. The van der Waals surface area contributed by atoms with Crippen molar-refractivity contribution in [2.45, 2.75) is 38.6 Å². The quantitative estimate of drug-likeness (QED) is 0.673. The van der Waals surface area contributed by atoms with Gasteiger partial charge in [0.15, 0.2) is 0 Å². The number of hydrogen-bond donors (Lipinski definition) is 2. The summed E-state index contributed by atoms with van der Waals surface area (Å²) in [5.41, 5.74) is 2.61. The predicted molar refractivity (Wildman–Crippen MR) is 82.7 cm³/mol. The molecule has 0 saturated heterocycles. The third-order valence-corrected chi connectivity index (χ3v) is 3.64. The highest BCUT2D eigenvalue weighted by Gasteiger charge is 2.07. The minimum atomic E-state index is 0.306. The number of hydrogen-bond acceptors (Lipinski definition) is 3. The number of aliphatic hydroxyl groups is 1. The molecule has 1 unspecified atom stereocenters. The molecule has 108 valence electrons. The Labute approximate surface area is 117 Å². The molecule has 0 aliphatic rings. The topological polar surface area (TPSA) is 35.5 Å². The van der Waals surface area contributed by atoms with Crippen molar-refractivity contribution < 1.29 is 5.11 Å². The van der Waals surface area contributed by atoms with Crippen LogP contribution >= 0.6 is 0 Å². The monoisotopic (exact) mass is 264 g/mol. The Morgan fingerprint density at radius 2 is 1.84 bits per heavy atom. The maximum Gasteiger partial charge on any atom is 0.0431 e. The van der Waals surface area contributed by atoms with Crippen molar-refractivity contribution in [3.8, 4) is 0 Å². The van der Waals surface area contributed by atoms with Crippen LogP contribution in [-0.2, 0) is 0 Å². The number of aliphatic hydroxyl groups excluding tert-OH is 1. The Hall–Kier alpha value is -1.06. The summed E-state index contributed by atoms with van der Waals surface area (Å²) in [6.07, 6.45) is 4.24. The van der Waals surface area contributed by atoms with E-state index in [1.807, 2.05) is 7.05 Å². The van der Waals surface area contributed by atoms with Crippen molar-refractivity contribution in [2.24, 2.45) is 0 Å². The van der Waals surface area contributed by atoms with Gasteiger partial charge in [-0.05, 0) is 50.4 Å². The summed E-state index contributed by atoms with van der Waals surface area (Å²) in [5.74, 6) is 0. The number of nitrogens with one attached hydrogen (secondary N) is 1. The summed E-state index contributed by atoms with van der Waals surface area (Å²) in [6.45, 7) is 3.55. The lowest BCUT2D eigenvalue weighted by Crippen LogP contribution is -2.19. The van der Waals surface area contributed by atoms with Crippen LogP contribution in [0.4, 0.5) is 5.69 Å². The van der Waals surface area contributed by atoms with E-state index in [4.69, 9.17) is 5.11 Å². The van der Waals surface area contributed by atoms with Gasteiger partial charge in [-0.3, -0.25) is 0 Å². The minimum Gasteiger partial charge on any atom is -0.396 e. The van der Waals surface area contributed by atoms with Crippen molar-refractivity contribution >= 4 is 5.69 Å². The van der Waals surface area contributed by atoms with Crippen LogP contribution in [0.25, 0.3) is 0 Å². The van der Waals surface area contributed by atoms with Gasteiger partial charge >= 0.3 is 0 Å². The Morgan fingerprint density at radius 1 is 1.16 bits per heavy atom. The van der Waals surface area contributed by atoms with E-state index < -0.39 is 0 Å². The first kappa shape index (κ1) is 16.0.